The van der Waals surface area contributed by atoms with Crippen LogP contribution in [0.15, 0.2) is 30.3 Å². The number of benzene rings is 1. The van der Waals surface area contributed by atoms with E-state index in [9.17, 15) is 4.21 Å². The van der Waals surface area contributed by atoms with Gasteiger partial charge in [0.05, 0.1) is 18.6 Å². The van der Waals surface area contributed by atoms with Crippen molar-refractivity contribution >= 4 is 16.0 Å². The van der Waals surface area contributed by atoms with Crippen molar-refractivity contribution in [1.82, 2.24) is 0 Å². The second-order valence-corrected chi connectivity index (χ2v) is 3.96. The summed E-state index contributed by atoms with van der Waals surface area (Å²) >= 11 is -1.30. The Kier molecular flexibility index (Phi) is 2.65. The molecule has 14 heavy (non-hydrogen) atoms. The van der Waals surface area contributed by atoms with E-state index >= 15 is 0 Å². The van der Waals surface area contributed by atoms with Gasteiger partial charge < -0.3 is 4.74 Å². The molecule has 0 saturated carbocycles. The van der Waals surface area contributed by atoms with Gasteiger partial charge in [-0.1, -0.05) is 12.1 Å². The molecule has 1 aromatic rings. The van der Waals surface area contributed by atoms with E-state index in [2.05, 4.69) is 0 Å². The molecule has 3 nitrogen and oxygen atoms in total. The predicted octanol–water partition coefficient (Wildman–Crippen LogP) is 1.73. The summed E-state index contributed by atoms with van der Waals surface area (Å²) in [6.07, 6.45) is 1.83. The van der Waals surface area contributed by atoms with Crippen LogP contribution in [0.2, 0.25) is 0 Å². The van der Waals surface area contributed by atoms with Crippen LogP contribution in [0.1, 0.15) is 5.56 Å². The van der Waals surface area contributed by atoms with Gasteiger partial charge in [-0.2, -0.15) is 0 Å². The highest BCUT2D eigenvalue weighted by molar-refractivity contribution is 7.90. The van der Waals surface area contributed by atoms with E-state index in [0.717, 1.165) is 16.2 Å². The van der Waals surface area contributed by atoms with Crippen LogP contribution in [0.3, 0.4) is 0 Å². The number of rotatable bonds is 2. The highest BCUT2D eigenvalue weighted by Crippen LogP contribution is 2.25. The molecule has 0 radical (unpaired) electrons. The largest absolute Gasteiger partial charge is 0.497 e. The highest BCUT2D eigenvalue weighted by Gasteiger charge is 2.16. The summed E-state index contributed by atoms with van der Waals surface area (Å²) in [5, 5.41) is 0. The van der Waals surface area contributed by atoms with Crippen molar-refractivity contribution < 1.29 is 13.1 Å². The molecule has 1 atom stereocenters. The van der Waals surface area contributed by atoms with Gasteiger partial charge >= 0.3 is 0 Å². The average molecular weight is 210 g/mol. The van der Waals surface area contributed by atoms with E-state index in [0.29, 0.717) is 6.61 Å². The zero-order chi connectivity index (χ0) is 9.97. The zero-order valence-electron chi connectivity index (χ0n) is 7.73. The molecule has 74 valence electrons. The molecule has 1 aliphatic heterocycles. The molecule has 0 aromatic heterocycles. The molecule has 0 spiro atoms. The van der Waals surface area contributed by atoms with Crippen LogP contribution in [0.4, 0.5) is 0 Å². The quantitative estimate of drug-likeness (QED) is 0.745. The van der Waals surface area contributed by atoms with Gasteiger partial charge in [0.15, 0.2) is 11.1 Å². The first-order chi connectivity index (χ1) is 6.81. The van der Waals surface area contributed by atoms with Crippen LogP contribution in [-0.2, 0) is 15.3 Å². The lowest BCUT2D eigenvalue weighted by Gasteiger charge is -2.02. The number of ether oxygens (including phenoxy) is 1. The smallest absolute Gasteiger partial charge is 0.189 e. The van der Waals surface area contributed by atoms with Crippen LogP contribution in [-0.4, -0.2) is 17.9 Å². The van der Waals surface area contributed by atoms with E-state index in [1.165, 1.54) is 0 Å². The Bertz CT molecular complexity index is 381. The third-order valence-corrected chi connectivity index (χ3v) is 3.11. The maximum Gasteiger partial charge on any atom is 0.189 e. The van der Waals surface area contributed by atoms with Crippen LogP contribution in [0, 0.1) is 0 Å². The fraction of sp³-hybridized carbons (Fsp3) is 0.200. The minimum absolute atomic E-state index is 0.425. The van der Waals surface area contributed by atoms with Crippen LogP contribution < -0.4 is 4.74 Å². The molecule has 1 aromatic carbocycles. The van der Waals surface area contributed by atoms with Crippen LogP contribution in [0.25, 0.3) is 4.91 Å². The first-order valence-electron chi connectivity index (χ1n) is 4.21. The summed E-state index contributed by atoms with van der Waals surface area (Å²) < 4.78 is 21.3. The van der Waals surface area contributed by atoms with Gasteiger partial charge in [0.2, 0.25) is 0 Å². The van der Waals surface area contributed by atoms with E-state index in [4.69, 9.17) is 8.92 Å². The normalized spacial score (nSPS) is 20.6. The average Bonchev–Trinajstić information content (AvgIpc) is 2.65. The van der Waals surface area contributed by atoms with E-state index in [1.54, 1.807) is 7.11 Å². The lowest BCUT2D eigenvalue weighted by Crippen LogP contribution is -1.91. The van der Waals surface area contributed by atoms with Gasteiger partial charge in [-0.15, -0.1) is 0 Å². The predicted molar refractivity (Wildman–Crippen MR) is 55.1 cm³/mol. The molecule has 1 unspecified atom stereocenters. The second-order valence-electron chi connectivity index (χ2n) is 2.82. The molecule has 1 heterocycles. The number of methoxy groups -OCH3 is 1. The van der Waals surface area contributed by atoms with Gasteiger partial charge in [0.1, 0.15) is 5.75 Å². The maximum atomic E-state index is 11.3. The second kappa shape index (κ2) is 3.94. The topological polar surface area (TPSA) is 35.5 Å². The summed E-state index contributed by atoms with van der Waals surface area (Å²) in [5.41, 5.74) is 0.918. The summed E-state index contributed by atoms with van der Waals surface area (Å²) in [6.45, 7) is 0.425. The lowest BCUT2D eigenvalue weighted by molar-refractivity contribution is 0.411. The fourth-order valence-corrected chi connectivity index (χ4v) is 2.12. The molecule has 0 bridgehead atoms. The van der Waals surface area contributed by atoms with Crippen LogP contribution in [0.5, 0.6) is 5.75 Å². The molecule has 2 rings (SSSR count). The molecule has 0 N–H and O–H groups in total. The monoisotopic (exact) mass is 210 g/mol. The van der Waals surface area contributed by atoms with Crippen molar-refractivity contribution in [3.05, 3.63) is 35.9 Å². The molecule has 0 amide bonds. The molecule has 0 aliphatic carbocycles. The van der Waals surface area contributed by atoms with E-state index in [1.807, 2.05) is 30.3 Å². The molecule has 4 heteroatoms. The summed E-state index contributed by atoms with van der Waals surface area (Å²) in [4.78, 5) is 0.743. The third kappa shape index (κ3) is 1.71. The Hall–Kier alpha value is -1.13. The van der Waals surface area contributed by atoms with Crippen molar-refractivity contribution in [2.24, 2.45) is 0 Å². The van der Waals surface area contributed by atoms with Gasteiger partial charge in [0, 0.05) is 0 Å². The summed E-state index contributed by atoms with van der Waals surface area (Å²) in [6, 6.07) is 7.42. The third-order valence-electron chi connectivity index (χ3n) is 2.00. The number of hydrogen-bond donors (Lipinski definition) is 0. The van der Waals surface area contributed by atoms with Gasteiger partial charge in [-0.05, 0) is 23.8 Å². The Morgan fingerprint density at radius 2 is 2.07 bits per heavy atom. The van der Waals surface area contributed by atoms with E-state index in [-0.39, 0.29) is 0 Å². The summed E-state index contributed by atoms with van der Waals surface area (Å²) in [5.74, 6) is 0.791. The van der Waals surface area contributed by atoms with Crippen molar-refractivity contribution in [3.8, 4) is 5.75 Å². The molecular weight excluding hydrogens is 200 g/mol. The maximum absolute atomic E-state index is 11.3. The first-order valence-corrected chi connectivity index (χ1v) is 5.28. The molecule has 0 saturated heterocycles. The van der Waals surface area contributed by atoms with Gasteiger partial charge in [-0.3, -0.25) is 4.18 Å². The standard InChI is InChI=1S/C10H10O3S/c1-12-9-4-2-8(3-5-9)10-6-7-13-14(10)11/h2-6H,7H2,1H3. The zero-order valence-corrected chi connectivity index (χ0v) is 8.54. The Morgan fingerprint density at radius 3 is 2.57 bits per heavy atom. The van der Waals surface area contributed by atoms with Crippen molar-refractivity contribution in [3.63, 3.8) is 0 Å². The Balaban J connectivity index is 2.29. The van der Waals surface area contributed by atoms with Crippen LogP contribution >= 0.6 is 0 Å². The Morgan fingerprint density at radius 1 is 1.36 bits per heavy atom. The minimum Gasteiger partial charge on any atom is -0.497 e. The number of hydrogen-bond acceptors (Lipinski definition) is 3. The molecule has 0 fully saturated rings. The highest BCUT2D eigenvalue weighted by atomic mass is 32.2. The minimum atomic E-state index is -1.30. The molecule has 1 aliphatic rings. The summed E-state index contributed by atoms with van der Waals surface area (Å²) in [7, 11) is 1.62. The van der Waals surface area contributed by atoms with Crippen molar-refractivity contribution in [2.75, 3.05) is 13.7 Å². The fourth-order valence-electron chi connectivity index (χ4n) is 1.27. The van der Waals surface area contributed by atoms with Crippen molar-refractivity contribution in [1.29, 1.82) is 0 Å². The van der Waals surface area contributed by atoms with E-state index < -0.39 is 11.1 Å². The lowest BCUT2D eigenvalue weighted by atomic mass is 10.2. The molecular formula is C10H10O3S. The van der Waals surface area contributed by atoms with Gasteiger partial charge in [-0.25, -0.2) is 4.21 Å². The SMILES string of the molecule is COc1ccc(C2=CCOS2=O)cc1. The Labute approximate surface area is 85.0 Å². The van der Waals surface area contributed by atoms with Gasteiger partial charge in [0.25, 0.3) is 0 Å². The van der Waals surface area contributed by atoms with Crippen molar-refractivity contribution in [2.45, 2.75) is 0 Å². The first kappa shape index (κ1) is 9.43.